The molecule has 7 nitrogen and oxygen atoms in total. The van der Waals surface area contributed by atoms with Gasteiger partial charge < -0.3 is 20.3 Å². The Hall–Kier alpha value is -3.49. The van der Waals surface area contributed by atoms with Crippen molar-refractivity contribution in [3.8, 4) is 0 Å². The van der Waals surface area contributed by atoms with Gasteiger partial charge in [-0.3, -0.25) is 14.9 Å². The number of hydrogen-bond acceptors (Lipinski definition) is 5. The molecule has 0 aromatic heterocycles. The summed E-state index contributed by atoms with van der Waals surface area (Å²) in [5.41, 5.74) is 3.18. The topological polar surface area (TPSA) is 108 Å². The van der Waals surface area contributed by atoms with E-state index in [4.69, 9.17) is 14.9 Å². The molecular weight excluding hydrogens is 415 g/mol. The number of aliphatic hydroxyl groups is 1. The first-order valence-corrected chi connectivity index (χ1v) is 10.1. The quantitative estimate of drug-likeness (QED) is 0.517. The Balaban J connectivity index is 1.62. The number of aliphatic hydroxyl groups excluding tert-OH is 1. The molecule has 4 rings (SSSR count). The molecule has 0 bridgehead atoms. The van der Waals surface area contributed by atoms with E-state index in [2.05, 4.69) is 10.6 Å². The van der Waals surface area contributed by atoms with Crippen LogP contribution in [0.3, 0.4) is 0 Å². The fraction of sp³-hybridized carbons (Fsp3) is 0.250. The first-order chi connectivity index (χ1) is 15.2. The lowest BCUT2D eigenvalue weighted by Crippen LogP contribution is -2.39. The number of ether oxygens (including phenoxy) is 1. The third kappa shape index (κ3) is 4.02. The Kier molecular flexibility index (Phi) is 5.58. The monoisotopic (exact) mass is 438 g/mol. The minimum Gasteiger partial charge on any atom is -0.482 e. The number of carboxylic acid groups (broad SMARTS) is 1. The number of fused-ring (bicyclic) bond motifs is 1. The van der Waals surface area contributed by atoms with Crippen LogP contribution in [0, 0.1) is 5.82 Å². The highest BCUT2D eigenvalue weighted by Gasteiger charge is 2.38. The van der Waals surface area contributed by atoms with E-state index in [9.17, 15) is 14.0 Å². The molecule has 32 heavy (non-hydrogen) atoms. The van der Waals surface area contributed by atoms with Crippen molar-refractivity contribution in [1.29, 1.82) is 0 Å². The number of amides is 1. The van der Waals surface area contributed by atoms with Gasteiger partial charge in [0, 0.05) is 23.4 Å². The van der Waals surface area contributed by atoms with Crippen LogP contribution in [0.15, 0.2) is 54.3 Å². The fourth-order valence-corrected chi connectivity index (χ4v) is 3.88. The highest BCUT2D eigenvalue weighted by atomic mass is 19.1. The summed E-state index contributed by atoms with van der Waals surface area (Å²) in [5.74, 6) is -1.51. The Morgan fingerprint density at radius 3 is 2.59 bits per heavy atom. The molecule has 4 N–H and O–H groups in total. The van der Waals surface area contributed by atoms with Gasteiger partial charge in [-0.15, -0.1) is 0 Å². The van der Waals surface area contributed by atoms with Gasteiger partial charge in [0.2, 0.25) is 0 Å². The average molecular weight is 438 g/mol. The summed E-state index contributed by atoms with van der Waals surface area (Å²) < 4.78 is 19.9. The van der Waals surface area contributed by atoms with E-state index in [0.29, 0.717) is 22.6 Å². The predicted molar refractivity (Wildman–Crippen MR) is 117 cm³/mol. The minimum absolute atomic E-state index is 0.286. The van der Waals surface area contributed by atoms with Crippen LogP contribution in [0.25, 0.3) is 11.1 Å². The zero-order chi connectivity index (χ0) is 23.0. The molecule has 0 fully saturated rings. The fourth-order valence-electron chi connectivity index (χ4n) is 3.88. The van der Waals surface area contributed by atoms with Crippen LogP contribution in [0.4, 0.5) is 10.1 Å². The smallest absolute Gasteiger partial charge is 0.323 e. The molecule has 1 amide bonds. The summed E-state index contributed by atoms with van der Waals surface area (Å²) in [7, 11) is 0. The summed E-state index contributed by atoms with van der Waals surface area (Å²) in [6.45, 7) is 3.57. The first-order valence-electron chi connectivity index (χ1n) is 10.1. The Labute approximate surface area is 184 Å². The van der Waals surface area contributed by atoms with E-state index in [1.807, 2.05) is 38.1 Å². The van der Waals surface area contributed by atoms with Crippen molar-refractivity contribution in [1.82, 2.24) is 5.32 Å². The molecule has 0 saturated carbocycles. The van der Waals surface area contributed by atoms with E-state index < -0.39 is 30.0 Å². The second kappa shape index (κ2) is 8.22. The largest absolute Gasteiger partial charge is 0.482 e. The van der Waals surface area contributed by atoms with Gasteiger partial charge in [-0.05, 0) is 49.2 Å². The van der Waals surface area contributed by atoms with Crippen LogP contribution < -0.4 is 10.6 Å². The van der Waals surface area contributed by atoms with Crippen molar-refractivity contribution >= 4 is 28.7 Å². The second-order valence-electron chi connectivity index (χ2n) is 8.20. The van der Waals surface area contributed by atoms with Gasteiger partial charge in [0.05, 0.1) is 12.2 Å². The number of anilines is 1. The summed E-state index contributed by atoms with van der Waals surface area (Å²) in [5, 5.41) is 23.6. The molecule has 0 radical (unpaired) electrons. The Bertz CT molecular complexity index is 1150. The van der Waals surface area contributed by atoms with Gasteiger partial charge in [0.25, 0.3) is 5.91 Å². The number of aliphatic carboxylic acids is 1. The van der Waals surface area contributed by atoms with Crippen LogP contribution in [-0.2, 0) is 20.9 Å². The van der Waals surface area contributed by atoms with Crippen molar-refractivity contribution < 1.29 is 28.9 Å². The number of halogens is 1. The van der Waals surface area contributed by atoms with E-state index in [1.54, 1.807) is 6.08 Å². The molecule has 0 saturated heterocycles. The van der Waals surface area contributed by atoms with E-state index in [1.165, 1.54) is 18.2 Å². The van der Waals surface area contributed by atoms with E-state index >= 15 is 0 Å². The summed E-state index contributed by atoms with van der Waals surface area (Å²) in [4.78, 5) is 23.6. The normalized spacial score (nSPS) is 19.8. The standard InChI is InChI=1S/C24H23FN2O5/c1-24(2)17(14-5-3-13(4-6-14)11-26-19(12-28)23(30)31)10-20(32-24)21-16-9-15(25)7-8-18(16)27-22(21)29/h3-10,19,26,28H,11-12H2,1-2H3,(H,27,29)(H,30,31)/t19-/m1/s1. The molecule has 2 aromatic rings. The molecule has 2 heterocycles. The van der Waals surface area contributed by atoms with Gasteiger partial charge in [-0.1, -0.05) is 24.3 Å². The second-order valence-corrected chi connectivity index (χ2v) is 8.20. The van der Waals surface area contributed by atoms with Crippen molar-refractivity contribution in [3.05, 3.63) is 76.8 Å². The summed E-state index contributed by atoms with van der Waals surface area (Å²) in [6.07, 6.45) is 1.80. The SMILES string of the molecule is CC1(C)OC(=C2C(=O)Nc3ccc(F)cc32)C=C1c1ccc(CN[C@H](CO)C(=O)O)cc1. The predicted octanol–water partition coefficient (Wildman–Crippen LogP) is 2.92. The number of benzene rings is 2. The highest BCUT2D eigenvalue weighted by Crippen LogP contribution is 2.44. The number of rotatable bonds is 6. The van der Waals surface area contributed by atoms with Gasteiger partial charge in [-0.25, -0.2) is 4.39 Å². The molecule has 0 spiro atoms. The van der Waals surface area contributed by atoms with Crippen LogP contribution in [0.1, 0.15) is 30.5 Å². The average Bonchev–Trinajstić information content (AvgIpc) is 3.23. The zero-order valence-electron chi connectivity index (χ0n) is 17.6. The molecule has 0 unspecified atom stereocenters. The molecule has 2 aromatic carbocycles. The van der Waals surface area contributed by atoms with Crippen LogP contribution in [0.5, 0.6) is 0 Å². The Morgan fingerprint density at radius 2 is 1.94 bits per heavy atom. The van der Waals surface area contributed by atoms with Gasteiger partial charge >= 0.3 is 5.97 Å². The number of carbonyl (C=O) groups is 2. The molecule has 0 aliphatic carbocycles. The minimum atomic E-state index is -1.11. The molecule has 166 valence electrons. The van der Waals surface area contributed by atoms with Crippen molar-refractivity contribution in [2.24, 2.45) is 0 Å². The van der Waals surface area contributed by atoms with Crippen molar-refractivity contribution in [2.45, 2.75) is 32.0 Å². The summed E-state index contributed by atoms with van der Waals surface area (Å²) >= 11 is 0. The van der Waals surface area contributed by atoms with Gasteiger partial charge in [0.1, 0.15) is 23.2 Å². The van der Waals surface area contributed by atoms with Crippen molar-refractivity contribution in [3.63, 3.8) is 0 Å². The maximum atomic E-state index is 13.8. The van der Waals surface area contributed by atoms with Crippen LogP contribution in [0.2, 0.25) is 0 Å². The molecule has 2 aliphatic rings. The van der Waals surface area contributed by atoms with Crippen LogP contribution >= 0.6 is 0 Å². The van der Waals surface area contributed by atoms with Crippen LogP contribution in [-0.4, -0.2) is 40.3 Å². The number of carbonyl (C=O) groups excluding carboxylic acids is 1. The first kappa shape index (κ1) is 21.7. The van der Waals surface area contributed by atoms with E-state index in [-0.39, 0.29) is 12.5 Å². The third-order valence-corrected chi connectivity index (χ3v) is 5.56. The molecule has 8 heteroatoms. The maximum absolute atomic E-state index is 13.8. The van der Waals surface area contributed by atoms with Gasteiger partial charge in [0.15, 0.2) is 0 Å². The molecule has 1 atom stereocenters. The van der Waals surface area contributed by atoms with E-state index in [0.717, 1.165) is 16.7 Å². The number of hydrogen-bond donors (Lipinski definition) is 4. The van der Waals surface area contributed by atoms with Crippen molar-refractivity contribution in [2.75, 3.05) is 11.9 Å². The lowest BCUT2D eigenvalue weighted by Gasteiger charge is -2.23. The lowest BCUT2D eigenvalue weighted by atomic mass is 9.91. The summed E-state index contributed by atoms with van der Waals surface area (Å²) in [6, 6.07) is 10.6. The maximum Gasteiger partial charge on any atom is 0.323 e. The zero-order valence-corrected chi connectivity index (χ0v) is 17.6. The van der Waals surface area contributed by atoms with Gasteiger partial charge in [-0.2, -0.15) is 0 Å². The third-order valence-electron chi connectivity index (χ3n) is 5.56. The Morgan fingerprint density at radius 1 is 1.22 bits per heavy atom. The molecule has 2 aliphatic heterocycles. The number of nitrogens with one attached hydrogen (secondary N) is 2. The number of allylic oxidation sites excluding steroid dienone is 1. The highest BCUT2D eigenvalue weighted by molar-refractivity contribution is 6.32. The number of carboxylic acids is 1. The molecular formula is C24H23FN2O5. The lowest BCUT2D eigenvalue weighted by molar-refractivity contribution is -0.140.